The molecule has 0 aliphatic carbocycles. The summed E-state index contributed by atoms with van der Waals surface area (Å²) in [5.41, 5.74) is -2.80. The molecule has 9 heteroatoms. The van der Waals surface area contributed by atoms with Crippen LogP contribution in [0.5, 0.6) is 0 Å². The maximum atomic E-state index is 13.3. The van der Waals surface area contributed by atoms with Crippen LogP contribution >= 0.6 is 0 Å². The van der Waals surface area contributed by atoms with Gasteiger partial charge < -0.3 is 5.11 Å². The fraction of sp³-hybridized carbons (Fsp3) is 0.500. The third-order valence-corrected chi connectivity index (χ3v) is 5.25. The summed E-state index contributed by atoms with van der Waals surface area (Å²) in [7, 11) is -4.62. The molecular formula is C14H17F3N2O3S. The topological polar surface area (TPSA) is 70.0 Å². The summed E-state index contributed by atoms with van der Waals surface area (Å²) in [6, 6.07) is 5.31. The van der Waals surface area contributed by atoms with E-state index >= 15 is 0 Å². The molecule has 0 bridgehead atoms. The number of halogens is 3. The third-order valence-electron chi connectivity index (χ3n) is 3.54. The molecule has 1 atom stereocenters. The van der Waals surface area contributed by atoms with Gasteiger partial charge in [0.2, 0.25) is 0 Å². The molecule has 0 radical (unpaired) electrons. The fourth-order valence-corrected chi connectivity index (χ4v) is 3.77. The van der Waals surface area contributed by atoms with Gasteiger partial charge in [-0.1, -0.05) is 31.0 Å². The van der Waals surface area contributed by atoms with Crippen molar-refractivity contribution in [3.8, 4) is 0 Å². The molecule has 5 nitrogen and oxygen atoms in total. The van der Waals surface area contributed by atoms with E-state index < -0.39 is 28.3 Å². The summed E-state index contributed by atoms with van der Waals surface area (Å²) in [5.74, 6) is 0. The minimum atomic E-state index is -5.16. The van der Waals surface area contributed by atoms with E-state index in [0.29, 0.717) is 6.42 Å². The molecule has 1 aliphatic heterocycles. The molecule has 0 amide bonds. The number of aryl methyl sites for hydroxylation is 1. The smallest absolute Gasteiger partial charge is 0.361 e. The highest BCUT2D eigenvalue weighted by Crippen LogP contribution is 2.43. The highest BCUT2D eigenvalue weighted by molar-refractivity contribution is 7.89. The minimum Gasteiger partial charge on any atom is -0.361 e. The molecule has 23 heavy (non-hydrogen) atoms. The number of benzene rings is 1. The average Bonchev–Trinajstić information content (AvgIpc) is 2.78. The molecule has 0 fully saturated rings. The summed E-state index contributed by atoms with van der Waals surface area (Å²) in [6.07, 6.45) is -5.37. The molecule has 1 aromatic carbocycles. The van der Waals surface area contributed by atoms with E-state index in [1.165, 1.54) is 24.3 Å². The van der Waals surface area contributed by atoms with Gasteiger partial charge in [-0.15, -0.1) is 4.41 Å². The van der Waals surface area contributed by atoms with Crippen LogP contribution in [0.15, 0.2) is 34.3 Å². The summed E-state index contributed by atoms with van der Waals surface area (Å²) in [5, 5.41) is 13.6. The van der Waals surface area contributed by atoms with Crippen LogP contribution in [-0.4, -0.2) is 35.6 Å². The first-order valence-corrected chi connectivity index (χ1v) is 8.44. The van der Waals surface area contributed by atoms with Gasteiger partial charge in [-0.05, 0) is 25.5 Å². The third kappa shape index (κ3) is 3.07. The highest BCUT2D eigenvalue weighted by atomic mass is 32.2. The Bertz CT molecular complexity index is 714. The van der Waals surface area contributed by atoms with E-state index in [1.807, 2.05) is 0 Å². The second-order valence-corrected chi connectivity index (χ2v) is 7.24. The number of hydrogen-bond acceptors (Lipinski definition) is 4. The summed E-state index contributed by atoms with van der Waals surface area (Å²) in [6.45, 7) is 3.45. The number of sulfonamides is 1. The van der Waals surface area contributed by atoms with Gasteiger partial charge >= 0.3 is 6.18 Å². The zero-order valence-electron chi connectivity index (χ0n) is 12.6. The number of alkyl halides is 3. The van der Waals surface area contributed by atoms with Gasteiger partial charge in [-0.3, -0.25) is 0 Å². The van der Waals surface area contributed by atoms with E-state index in [-0.39, 0.29) is 21.4 Å². The Balaban J connectivity index is 2.53. The van der Waals surface area contributed by atoms with Gasteiger partial charge in [-0.2, -0.15) is 26.7 Å². The lowest BCUT2D eigenvalue weighted by Gasteiger charge is -2.33. The molecule has 0 spiro atoms. The van der Waals surface area contributed by atoms with E-state index in [1.54, 1.807) is 13.8 Å². The Morgan fingerprint density at radius 1 is 1.30 bits per heavy atom. The molecule has 1 heterocycles. The van der Waals surface area contributed by atoms with Crippen molar-refractivity contribution in [1.29, 1.82) is 0 Å². The molecule has 0 aromatic heterocycles. The predicted octanol–water partition coefficient (Wildman–Crippen LogP) is 2.80. The van der Waals surface area contributed by atoms with Crippen LogP contribution in [0.3, 0.4) is 0 Å². The molecule has 2 rings (SSSR count). The van der Waals surface area contributed by atoms with Gasteiger partial charge in [0.1, 0.15) is 0 Å². The van der Waals surface area contributed by atoms with E-state index in [4.69, 9.17) is 0 Å². The first-order chi connectivity index (χ1) is 10.5. The Morgan fingerprint density at radius 2 is 1.87 bits per heavy atom. The van der Waals surface area contributed by atoms with Crippen molar-refractivity contribution in [2.24, 2.45) is 5.10 Å². The highest BCUT2D eigenvalue weighted by Gasteiger charge is 2.64. The summed E-state index contributed by atoms with van der Waals surface area (Å²) >= 11 is 0. The second kappa shape index (κ2) is 5.79. The van der Waals surface area contributed by atoms with Gasteiger partial charge in [0, 0.05) is 12.1 Å². The fourth-order valence-electron chi connectivity index (χ4n) is 2.30. The molecule has 0 unspecified atom stereocenters. The lowest BCUT2D eigenvalue weighted by Crippen LogP contribution is -2.56. The van der Waals surface area contributed by atoms with Gasteiger partial charge in [-0.25, -0.2) is 0 Å². The normalized spacial score (nSPS) is 22.3. The van der Waals surface area contributed by atoms with Gasteiger partial charge in [0.05, 0.1) is 4.90 Å². The minimum absolute atomic E-state index is 0.00279. The van der Waals surface area contributed by atoms with Crippen LogP contribution in [0.25, 0.3) is 0 Å². The summed E-state index contributed by atoms with van der Waals surface area (Å²) < 4.78 is 64.7. The van der Waals surface area contributed by atoms with Crippen LogP contribution in [0.2, 0.25) is 0 Å². The van der Waals surface area contributed by atoms with E-state index in [2.05, 4.69) is 5.10 Å². The van der Waals surface area contributed by atoms with Crippen molar-refractivity contribution in [2.45, 2.75) is 49.9 Å². The Labute approximate surface area is 132 Å². The lowest BCUT2D eigenvalue weighted by atomic mass is 10.0. The molecule has 0 saturated carbocycles. The monoisotopic (exact) mass is 350 g/mol. The maximum absolute atomic E-state index is 13.3. The van der Waals surface area contributed by atoms with Crippen LogP contribution in [0, 0.1) is 6.92 Å². The Hall–Kier alpha value is -1.61. The molecule has 1 N–H and O–H groups in total. The van der Waals surface area contributed by atoms with Gasteiger partial charge in [0.25, 0.3) is 15.7 Å². The zero-order chi connectivity index (χ0) is 17.5. The van der Waals surface area contributed by atoms with Crippen LogP contribution < -0.4 is 0 Å². The van der Waals surface area contributed by atoms with E-state index in [0.717, 1.165) is 5.56 Å². The Morgan fingerprint density at radius 3 is 2.35 bits per heavy atom. The van der Waals surface area contributed by atoms with Crippen LogP contribution in [-0.2, 0) is 10.0 Å². The number of hydrogen-bond donors (Lipinski definition) is 1. The number of aliphatic hydroxyl groups is 1. The van der Waals surface area contributed by atoms with Crippen LogP contribution in [0.1, 0.15) is 31.7 Å². The van der Waals surface area contributed by atoms with Crippen molar-refractivity contribution in [1.82, 2.24) is 4.41 Å². The van der Waals surface area contributed by atoms with Crippen LogP contribution in [0.4, 0.5) is 13.2 Å². The lowest BCUT2D eigenvalue weighted by molar-refractivity contribution is -0.291. The first kappa shape index (κ1) is 17.7. The average molecular weight is 350 g/mol. The van der Waals surface area contributed by atoms with Crippen molar-refractivity contribution in [3.63, 3.8) is 0 Å². The second-order valence-electron chi connectivity index (χ2n) is 5.47. The summed E-state index contributed by atoms with van der Waals surface area (Å²) in [4.78, 5) is -0.354. The molecule has 1 aliphatic rings. The molecule has 128 valence electrons. The molecule has 0 saturated heterocycles. The van der Waals surface area contributed by atoms with Crippen molar-refractivity contribution < 1.29 is 26.7 Å². The van der Waals surface area contributed by atoms with Crippen molar-refractivity contribution in [3.05, 3.63) is 29.8 Å². The van der Waals surface area contributed by atoms with Crippen molar-refractivity contribution >= 4 is 15.7 Å². The van der Waals surface area contributed by atoms with Gasteiger partial charge in [0.15, 0.2) is 0 Å². The maximum Gasteiger partial charge on any atom is 0.439 e. The van der Waals surface area contributed by atoms with Crippen molar-refractivity contribution in [2.75, 3.05) is 0 Å². The number of hydrazone groups is 1. The van der Waals surface area contributed by atoms with E-state index in [9.17, 15) is 26.7 Å². The predicted molar refractivity (Wildman–Crippen MR) is 78.2 cm³/mol. The number of nitrogens with zero attached hydrogens (tertiary/aromatic N) is 2. The zero-order valence-corrected chi connectivity index (χ0v) is 13.4. The molecule has 1 aromatic rings. The quantitative estimate of drug-likeness (QED) is 0.908. The SMILES string of the molecule is CCCC1=NN(S(=O)(=O)c2ccc(C)cc2)[C@@](O)(C(F)(F)F)C1. The first-order valence-electron chi connectivity index (χ1n) is 7.00. The largest absolute Gasteiger partial charge is 0.439 e. The molecular weight excluding hydrogens is 333 g/mol. The standard InChI is InChI=1S/C14H17F3N2O3S/c1-3-4-11-9-13(20,14(15,16)17)19(18-11)23(21,22)12-7-5-10(2)6-8-12/h5-8,20H,3-4,9H2,1-2H3/t13-/m0/s1. The Kier molecular flexibility index (Phi) is 4.46. The number of rotatable bonds is 4.